The first kappa shape index (κ1) is 13.0. The fraction of sp³-hybridized carbons (Fsp3) is 0.818. The van der Waals surface area contributed by atoms with Gasteiger partial charge in [-0.2, -0.15) is 0 Å². The van der Waals surface area contributed by atoms with Gasteiger partial charge in [0.1, 0.15) is 0 Å². The van der Waals surface area contributed by atoms with Crippen LogP contribution in [0.15, 0.2) is 4.99 Å². The van der Waals surface area contributed by atoms with E-state index in [0.29, 0.717) is 18.3 Å². The van der Waals surface area contributed by atoms with Crippen molar-refractivity contribution in [3.63, 3.8) is 0 Å². The van der Waals surface area contributed by atoms with E-state index in [0.717, 1.165) is 6.54 Å². The smallest absolute Gasteiger partial charge is 0.231 e. The molecule has 1 aliphatic carbocycles. The largest absolute Gasteiger partial charge is 0.369 e. The van der Waals surface area contributed by atoms with Gasteiger partial charge >= 0.3 is 0 Å². The van der Waals surface area contributed by atoms with Crippen molar-refractivity contribution in [2.45, 2.75) is 38.6 Å². The zero-order chi connectivity index (χ0) is 12.3. The number of aliphatic imine (C=N–C) groups is 1. The van der Waals surface area contributed by atoms with Crippen molar-refractivity contribution in [2.75, 3.05) is 13.6 Å². The minimum Gasteiger partial charge on any atom is -0.369 e. The number of rotatable bonds is 2. The molecule has 5 nitrogen and oxygen atoms in total. The molecule has 1 heterocycles. The third kappa shape index (κ3) is 3.20. The molecule has 2 aliphatic rings. The van der Waals surface area contributed by atoms with E-state index < -0.39 is 0 Å². The number of hydrogen-bond donors (Lipinski definition) is 2. The fourth-order valence-corrected chi connectivity index (χ4v) is 1.76. The van der Waals surface area contributed by atoms with Crippen molar-refractivity contribution in [2.24, 2.45) is 22.4 Å². The zero-order valence-corrected chi connectivity index (χ0v) is 10.4. The molecule has 0 saturated heterocycles. The van der Waals surface area contributed by atoms with Gasteiger partial charge < -0.3 is 11.5 Å². The third-order valence-corrected chi connectivity index (χ3v) is 2.72. The highest BCUT2D eigenvalue weighted by Crippen LogP contribution is 2.31. The first-order valence-electron chi connectivity index (χ1n) is 5.71. The number of guanidine groups is 1. The van der Waals surface area contributed by atoms with E-state index >= 15 is 0 Å². The highest BCUT2D eigenvalue weighted by molar-refractivity contribution is 5.98. The van der Waals surface area contributed by atoms with E-state index in [1.807, 2.05) is 13.8 Å². The number of carbonyl (C=O) groups excluding carboxylic acids is 1. The topological polar surface area (TPSA) is 84.7 Å². The Hall–Kier alpha value is -1.10. The normalized spacial score (nSPS) is 23.4. The van der Waals surface area contributed by atoms with Gasteiger partial charge in [0.15, 0.2) is 5.96 Å². The molecule has 1 fully saturated rings. The molecule has 0 aromatic heterocycles. The lowest BCUT2D eigenvalue weighted by atomic mass is 9.99. The number of hydrogen-bond acceptors (Lipinski definition) is 4. The lowest BCUT2D eigenvalue weighted by Gasteiger charge is -2.32. The van der Waals surface area contributed by atoms with Crippen molar-refractivity contribution in [1.29, 1.82) is 0 Å². The predicted molar refractivity (Wildman–Crippen MR) is 64.9 cm³/mol. The van der Waals surface area contributed by atoms with Gasteiger partial charge in [0, 0.05) is 6.54 Å². The molecule has 0 atom stereocenters. The van der Waals surface area contributed by atoms with Gasteiger partial charge in [-0.3, -0.25) is 9.69 Å². The van der Waals surface area contributed by atoms with Gasteiger partial charge in [-0.25, -0.2) is 4.99 Å². The Labute approximate surface area is 96.9 Å². The van der Waals surface area contributed by atoms with Gasteiger partial charge in [-0.1, -0.05) is 0 Å². The summed E-state index contributed by atoms with van der Waals surface area (Å²) in [5, 5.41) is 0. The molecule has 0 spiro atoms. The molecule has 5 heteroatoms. The predicted octanol–water partition coefficient (Wildman–Crippen LogP) is 0.297. The van der Waals surface area contributed by atoms with E-state index in [4.69, 9.17) is 5.73 Å². The van der Waals surface area contributed by atoms with Crippen molar-refractivity contribution >= 4 is 11.9 Å². The van der Waals surface area contributed by atoms with Crippen LogP contribution in [0, 0.1) is 5.92 Å². The maximum Gasteiger partial charge on any atom is 0.231 e. The SMILES string of the molecule is CC1(C)CC(=O)N(CC2CC2)C(N)=N1.CN. The Morgan fingerprint density at radius 3 is 2.44 bits per heavy atom. The van der Waals surface area contributed by atoms with Gasteiger partial charge in [-0.15, -0.1) is 0 Å². The molecule has 0 radical (unpaired) electrons. The molecule has 1 amide bonds. The summed E-state index contributed by atoms with van der Waals surface area (Å²) in [6.45, 7) is 4.64. The summed E-state index contributed by atoms with van der Waals surface area (Å²) in [6.07, 6.45) is 2.92. The fourth-order valence-electron chi connectivity index (χ4n) is 1.76. The first-order chi connectivity index (χ1) is 7.48. The molecule has 2 rings (SSSR count). The maximum atomic E-state index is 11.7. The van der Waals surface area contributed by atoms with Crippen LogP contribution in [0.2, 0.25) is 0 Å². The van der Waals surface area contributed by atoms with Gasteiger partial charge in [0.05, 0.1) is 12.0 Å². The summed E-state index contributed by atoms with van der Waals surface area (Å²) in [7, 11) is 1.50. The second-order valence-electron chi connectivity index (χ2n) is 4.91. The summed E-state index contributed by atoms with van der Waals surface area (Å²) in [5.74, 6) is 1.18. The Morgan fingerprint density at radius 2 is 2.00 bits per heavy atom. The third-order valence-electron chi connectivity index (χ3n) is 2.72. The van der Waals surface area contributed by atoms with E-state index in [2.05, 4.69) is 10.7 Å². The average molecular weight is 226 g/mol. The second kappa shape index (κ2) is 4.82. The Morgan fingerprint density at radius 1 is 1.44 bits per heavy atom. The van der Waals surface area contributed by atoms with Crippen LogP contribution in [-0.2, 0) is 4.79 Å². The van der Waals surface area contributed by atoms with Crippen molar-refractivity contribution in [1.82, 2.24) is 4.90 Å². The Balaban J connectivity index is 0.000000606. The standard InChI is InChI=1S/C10H17N3O.CH5N/c1-10(2)5-8(14)13(9(11)12-10)6-7-3-4-7;1-2/h7H,3-6H2,1-2H3,(H2,11,12);2H2,1H3. The summed E-state index contributed by atoms with van der Waals surface area (Å²) >= 11 is 0. The molecule has 0 aromatic rings. The summed E-state index contributed by atoms with van der Waals surface area (Å²) in [5.41, 5.74) is 9.96. The monoisotopic (exact) mass is 226 g/mol. The van der Waals surface area contributed by atoms with E-state index in [9.17, 15) is 4.79 Å². The van der Waals surface area contributed by atoms with Crippen LogP contribution >= 0.6 is 0 Å². The summed E-state index contributed by atoms with van der Waals surface area (Å²) < 4.78 is 0. The number of nitrogens with zero attached hydrogens (tertiary/aromatic N) is 2. The average Bonchev–Trinajstić information content (AvgIpc) is 2.97. The highest BCUT2D eigenvalue weighted by Gasteiger charge is 2.35. The van der Waals surface area contributed by atoms with Gasteiger partial charge in [-0.05, 0) is 39.7 Å². The lowest BCUT2D eigenvalue weighted by molar-refractivity contribution is -0.129. The van der Waals surface area contributed by atoms with Crippen LogP contribution in [0.5, 0.6) is 0 Å². The van der Waals surface area contributed by atoms with Gasteiger partial charge in [0.2, 0.25) is 5.91 Å². The van der Waals surface area contributed by atoms with Crippen molar-refractivity contribution in [3.8, 4) is 0 Å². The van der Waals surface area contributed by atoms with E-state index in [1.165, 1.54) is 19.9 Å². The maximum absolute atomic E-state index is 11.7. The molecule has 0 aromatic carbocycles. The van der Waals surface area contributed by atoms with E-state index in [-0.39, 0.29) is 11.4 Å². The Kier molecular flexibility index (Phi) is 3.91. The molecular weight excluding hydrogens is 204 g/mol. The van der Waals surface area contributed by atoms with E-state index in [1.54, 1.807) is 4.90 Å². The van der Waals surface area contributed by atoms with Crippen LogP contribution in [0.1, 0.15) is 33.1 Å². The number of amides is 1. The Bertz CT molecular complexity index is 294. The van der Waals surface area contributed by atoms with Crippen LogP contribution in [0.3, 0.4) is 0 Å². The number of nitrogens with two attached hydrogens (primary N) is 2. The minimum absolute atomic E-state index is 0.120. The zero-order valence-electron chi connectivity index (χ0n) is 10.4. The molecule has 0 unspecified atom stereocenters. The summed E-state index contributed by atoms with van der Waals surface area (Å²) in [4.78, 5) is 17.7. The summed E-state index contributed by atoms with van der Waals surface area (Å²) in [6, 6.07) is 0. The lowest BCUT2D eigenvalue weighted by Crippen LogP contribution is -2.50. The highest BCUT2D eigenvalue weighted by atomic mass is 16.2. The van der Waals surface area contributed by atoms with Crippen LogP contribution < -0.4 is 11.5 Å². The molecule has 1 saturated carbocycles. The first-order valence-corrected chi connectivity index (χ1v) is 5.71. The second-order valence-corrected chi connectivity index (χ2v) is 4.91. The molecule has 1 aliphatic heterocycles. The van der Waals surface area contributed by atoms with Crippen LogP contribution in [0.4, 0.5) is 0 Å². The molecule has 4 N–H and O–H groups in total. The minimum atomic E-state index is -0.318. The van der Waals surface area contributed by atoms with Crippen LogP contribution in [-0.4, -0.2) is 35.9 Å². The number of carbonyl (C=O) groups is 1. The molecule has 92 valence electrons. The quantitative estimate of drug-likeness (QED) is 0.710. The van der Waals surface area contributed by atoms with Crippen LogP contribution in [0.25, 0.3) is 0 Å². The van der Waals surface area contributed by atoms with Crippen molar-refractivity contribution in [3.05, 3.63) is 0 Å². The van der Waals surface area contributed by atoms with Crippen molar-refractivity contribution < 1.29 is 4.79 Å². The van der Waals surface area contributed by atoms with Gasteiger partial charge in [0.25, 0.3) is 0 Å². The molecule has 0 bridgehead atoms. The molecule has 16 heavy (non-hydrogen) atoms. The molecular formula is C11H22N4O.